The third kappa shape index (κ3) is 4.41. The van der Waals surface area contributed by atoms with Gasteiger partial charge in [0.25, 0.3) is 15.9 Å². The van der Waals surface area contributed by atoms with Gasteiger partial charge >= 0.3 is 0 Å². The van der Waals surface area contributed by atoms with Crippen molar-refractivity contribution in [3.63, 3.8) is 0 Å². The Morgan fingerprint density at radius 2 is 1.76 bits per heavy atom. The van der Waals surface area contributed by atoms with Crippen LogP contribution < -0.4 is 10.0 Å². The number of hydrogen-bond acceptors (Lipinski definition) is 5. The summed E-state index contributed by atoms with van der Waals surface area (Å²) in [6, 6.07) is 20.9. The number of aromatic nitrogens is 2. The Bertz CT molecular complexity index is 1580. The number of aromatic amines is 1. The van der Waals surface area contributed by atoms with Gasteiger partial charge in [-0.25, -0.2) is 13.4 Å². The van der Waals surface area contributed by atoms with Gasteiger partial charge in [0.2, 0.25) is 0 Å². The number of hydrogen-bond donors (Lipinski definition) is 3. The minimum absolute atomic E-state index is 0.0610. The summed E-state index contributed by atoms with van der Waals surface area (Å²) < 4.78 is 27.5. The quantitative estimate of drug-likeness (QED) is 0.262. The molecule has 170 valence electrons. The van der Waals surface area contributed by atoms with Crippen molar-refractivity contribution >= 4 is 60.6 Å². The Labute approximate surface area is 204 Å². The molecule has 7 nitrogen and oxygen atoms in total. The Hall–Kier alpha value is -3.66. The zero-order valence-electron chi connectivity index (χ0n) is 17.4. The summed E-state index contributed by atoms with van der Waals surface area (Å²) in [5.41, 5.74) is 3.22. The first-order valence-corrected chi connectivity index (χ1v) is 12.9. The minimum atomic E-state index is -3.78. The van der Waals surface area contributed by atoms with Crippen molar-refractivity contribution < 1.29 is 13.2 Å². The summed E-state index contributed by atoms with van der Waals surface area (Å²) in [6.45, 7) is 0. The number of carbonyl (C=O) groups excluding carboxylic acids is 1. The highest BCUT2D eigenvalue weighted by Crippen LogP contribution is 2.34. The van der Waals surface area contributed by atoms with Crippen LogP contribution in [0, 0.1) is 0 Å². The number of thiazole rings is 1. The number of amides is 1. The van der Waals surface area contributed by atoms with E-state index in [0.717, 1.165) is 22.0 Å². The van der Waals surface area contributed by atoms with E-state index < -0.39 is 10.0 Å². The number of halogens is 1. The van der Waals surface area contributed by atoms with E-state index in [-0.39, 0.29) is 15.9 Å². The van der Waals surface area contributed by atoms with Crippen LogP contribution in [-0.4, -0.2) is 24.3 Å². The van der Waals surface area contributed by atoms with Crippen molar-refractivity contribution in [1.29, 1.82) is 0 Å². The number of carbonyl (C=O) groups is 1. The molecular formula is C24H17ClN4O3S2. The van der Waals surface area contributed by atoms with E-state index in [4.69, 9.17) is 11.6 Å². The van der Waals surface area contributed by atoms with Crippen LogP contribution >= 0.6 is 22.9 Å². The molecule has 2 aromatic heterocycles. The second-order valence-electron chi connectivity index (χ2n) is 7.35. The summed E-state index contributed by atoms with van der Waals surface area (Å²) in [4.78, 5) is 20.4. The van der Waals surface area contributed by atoms with E-state index in [2.05, 4.69) is 20.0 Å². The van der Waals surface area contributed by atoms with Gasteiger partial charge in [0.05, 0.1) is 4.90 Å². The zero-order chi connectivity index (χ0) is 23.7. The maximum absolute atomic E-state index is 13.2. The van der Waals surface area contributed by atoms with Crippen molar-refractivity contribution in [2.24, 2.45) is 0 Å². The van der Waals surface area contributed by atoms with E-state index in [1.807, 2.05) is 42.5 Å². The predicted molar refractivity (Wildman–Crippen MR) is 136 cm³/mol. The van der Waals surface area contributed by atoms with Gasteiger partial charge in [0.15, 0.2) is 5.13 Å². The van der Waals surface area contributed by atoms with E-state index in [1.165, 1.54) is 41.8 Å². The average Bonchev–Trinajstić information content (AvgIpc) is 3.47. The number of anilines is 2. The molecule has 34 heavy (non-hydrogen) atoms. The van der Waals surface area contributed by atoms with E-state index >= 15 is 0 Å². The summed E-state index contributed by atoms with van der Waals surface area (Å²) >= 11 is 7.41. The lowest BCUT2D eigenvalue weighted by Crippen LogP contribution is -2.15. The van der Waals surface area contributed by atoms with Crippen molar-refractivity contribution in [1.82, 2.24) is 9.97 Å². The molecule has 3 aromatic carbocycles. The summed E-state index contributed by atoms with van der Waals surface area (Å²) in [6.07, 6.45) is 1.52. The van der Waals surface area contributed by atoms with Crippen molar-refractivity contribution in [2.75, 3.05) is 10.0 Å². The molecule has 3 N–H and O–H groups in total. The molecule has 0 fully saturated rings. The van der Waals surface area contributed by atoms with Gasteiger partial charge in [-0.05, 0) is 48.0 Å². The number of nitrogens with one attached hydrogen (secondary N) is 3. The highest BCUT2D eigenvalue weighted by Gasteiger charge is 2.20. The third-order valence-corrected chi connectivity index (χ3v) is 7.53. The molecule has 5 rings (SSSR count). The lowest BCUT2D eigenvalue weighted by molar-refractivity contribution is 0.102. The van der Waals surface area contributed by atoms with Crippen molar-refractivity contribution in [2.45, 2.75) is 4.90 Å². The first-order valence-electron chi connectivity index (χ1n) is 10.1. The smallest absolute Gasteiger partial charge is 0.272 e. The van der Waals surface area contributed by atoms with Crippen LogP contribution in [-0.2, 0) is 10.0 Å². The van der Waals surface area contributed by atoms with Crippen LogP contribution in [0.25, 0.3) is 22.0 Å². The Kier molecular flexibility index (Phi) is 5.82. The standard InChI is InChI=1S/C24H17ClN4O3S2/c25-16-6-11-20-19(14-16)21(15-4-2-1-3-5-15)22(28-20)23(30)27-17-7-9-18(10-8-17)34(31,32)29-24-26-12-13-33-24/h1-14,28H,(H,26,29)(H,27,30). The molecule has 0 unspecified atom stereocenters. The first kappa shape index (κ1) is 22.1. The van der Waals surface area contributed by atoms with Gasteiger partial charge < -0.3 is 10.3 Å². The number of sulfonamides is 1. The zero-order valence-corrected chi connectivity index (χ0v) is 19.8. The lowest BCUT2D eigenvalue weighted by Gasteiger charge is -2.09. The second-order valence-corrected chi connectivity index (χ2v) is 10.4. The molecule has 0 saturated carbocycles. The molecule has 10 heteroatoms. The van der Waals surface area contributed by atoms with Crippen LogP contribution in [0.1, 0.15) is 10.5 Å². The highest BCUT2D eigenvalue weighted by molar-refractivity contribution is 7.93. The van der Waals surface area contributed by atoms with E-state index in [1.54, 1.807) is 11.4 Å². The number of rotatable bonds is 6. The Balaban J connectivity index is 1.44. The number of benzene rings is 3. The Morgan fingerprint density at radius 1 is 1.00 bits per heavy atom. The number of nitrogens with zero attached hydrogens (tertiary/aromatic N) is 1. The number of fused-ring (bicyclic) bond motifs is 1. The monoisotopic (exact) mass is 508 g/mol. The van der Waals surface area contributed by atoms with Crippen molar-refractivity contribution in [3.05, 3.63) is 95.1 Å². The van der Waals surface area contributed by atoms with E-state index in [9.17, 15) is 13.2 Å². The van der Waals surface area contributed by atoms with Crippen LogP contribution in [0.4, 0.5) is 10.8 Å². The summed E-state index contributed by atoms with van der Waals surface area (Å²) in [5.74, 6) is -0.359. The van der Waals surface area contributed by atoms with Gasteiger partial charge in [-0.2, -0.15) is 0 Å². The molecule has 0 atom stereocenters. The average molecular weight is 509 g/mol. The highest BCUT2D eigenvalue weighted by atomic mass is 35.5. The summed E-state index contributed by atoms with van der Waals surface area (Å²) in [5, 5.41) is 6.20. The Morgan fingerprint density at radius 3 is 2.47 bits per heavy atom. The molecular weight excluding hydrogens is 492 g/mol. The molecule has 0 aliphatic heterocycles. The molecule has 2 heterocycles. The minimum Gasteiger partial charge on any atom is -0.350 e. The summed E-state index contributed by atoms with van der Waals surface area (Å²) in [7, 11) is -3.78. The largest absolute Gasteiger partial charge is 0.350 e. The van der Waals surface area contributed by atoms with Gasteiger partial charge in [-0.15, -0.1) is 11.3 Å². The maximum Gasteiger partial charge on any atom is 0.272 e. The fourth-order valence-corrected chi connectivity index (χ4v) is 5.56. The van der Waals surface area contributed by atoms with E-state index in [0.29, 0.717) is 16.4 Å². The first-order chi connectivity index (χ1) is 16.4. The molecule has 0 bridgehead atoms. The van der Waals surface area contributed by atoms with Crippen molar-refractivity contribution in [3.8, 4) is 11.1 Å². The normalized spacial score (nSPS) is 11.4. The molecule has 0 radical (unpaired) electrons. The van der Waals surface area contributed by atoms with Crippen LogP contribution in [0.3, 0.4) is 0 Å². The molecule has 0 aliphatic carbocycles. The third-order valence-electron chi connectivity index (χ3n) is 5.13. The predicted octanol–water partition coefficient (Wildman–Crippen LogP) is 6.00. The van der Waals surface area contributed by atoms with Crippen LogP contribution in [0.2, 0.25) is 5.02 Å². The molecule has 5 aromatic rings. The van der Waals surface area contributed by atoms with Gasteiger partial charge in [-0.1, -0.05) is 41.9 Å². The van der Waals surface area contributed by atoms with Gasteiger partial charge in [-0.3, -0.25) is 9.52 Å². The van der Waals surface area contributed by atoms with Gasteiger partial charge in [0.1, 0.15) is 5.69 Å². The SMILES string of the molecule is O=C(Nc1ccc(S(=O)(=O)Nc2nccs2)cc1)c1[nH]c2ccc(Cl)cc2c1-c1ccccc1. The fraction of sp³-hybridized carbons (Fsp3) is 0. The molecule has 0 spiro atoms. The van der Waals surface area contributed by atoms with Crippen LogP contribution in [0.5, 0.6) is 0 Å². The van der Waals surface area contributed by atoms with Gasteiger partial charge in [0, 0.05) is 38.8 Å². The lowest BCUT2D eigenvalue weighted by atomic mass is 10.0. The van der Waals surface area contributed by atoms with Crippen LogP contribution in [0.15, 0.2) is 89.3 Å². The number of H-pyrrole nitrogens is 1. The second kappa shape index (κ2) is 8.94. The molecule has 0 aliphatic rings. The fourth-order valence-electron chi connectivity index (χ4n) is 3.60. The molecule has 0 saturated heterocycles. The molecule has 1 amide bonds. The maximum atomic E-state index is 13.2. The topological polar surface area (TPSA) is 104 Å².